The molecule has 1 atom stereocenters. The van der Waals surface area contributed by atoms with Crippen LogP contribution in [0.4, 0.5) is 5.82 Å². The van der Waals surface area contributed by atoms with E-state index in [0.717, 1.165) is 11.5 Å². The summed E-state index contributed by atoms with van der Waals surface area (Å²) < 4.78 is 0. The molecule has 2 heterocycles. The molecule has 0 saturated heterocycles. The van der Waals surface area contributed by atoms with Gasteiger partial charge in [-0.25, -0.2) is 4.98 Å². The van der Waals surface area contributed by atoms with Crippen molar-refractivity contribution in [2.45, 2.75) is 46.8 Å². The minimum atomic E-state index is 0.289. The molecule has 0 fully saturated rings. The van der Waals surface area contributed by atoms with Crippen molar-refractivity contribution in [3.63, 3.8) is 0 Å². The Bertz CT molecular complexity index is 733. The Kier molecular flexibility index (Phi) is 4.12. The Labute approximate surface area is 139 Å². The van der Waals surface area contributed by atoms with Crippen LogP contribution in [0.1, 0.15) is 31.9 Å². The zero-order chi connectivity index (χ0) is 16.6. The third-order valence-corrected chi connectivity index (χ3v) is 4.63. The highest BCUT2D eigenvalue weighted by molar-refractivity contribution is 5.63. The van der Waals surface area contributed by atoms with Crippen LogP contribution in [0.3, 0.4) is 0 Å². The maximum atomic E-state index is 4.89. The highest BCUT2D eigenvalue weighted by Gasteiger charge is 2.25. The maximum Gasteiger partial charge on any atom is 0.134 e. The van der Waals surface area contributed by atoms with Crippen molar-refractivity contribution in [2.24, 2.45) is 0 Å². The molecule has 1 aromatic heterocycles. The molecule has 120 valence electrons. The Morgan fingerprint density at radius 3 is 2.43 bits per heavy atom. The number of nitrogens with zero attached hydrogens (tertiary/aromatic N) is 3. The van der Waals surface area contributed by atoms with Crippen molar-refractivity contribution in [1.82, 2.24) is 9.88 Å². The van der Waals surface area contributed by atoms with Gasteiger partial charge in [-0.3, -0.25) is 0 Å². The molecule has 1 aliphatic rings. The van der Waals surface area contributed by atoms with Crippen molar-refractivity contribution < 1.29 is 0 Å². The summed E-state index contributed by atoms with van der Waals surface area (Å²) in [5.74, 6) is 0.993. The second-order valence-corrected chi connectivity index (χ2v) is 6.56. The standard InChI is InChI=1S/C20H25N3/c1-14(2)22-11-12-23(17(22)5)20-8-6-7-19(21-20)18-10-9-15(3)16(4)13-18/h6-14,17H,1-5H3. The number of aryl methyl sites for hydroxylation is 2. The highest BCUT2D eigenvalue weighted by atomic mass is 15.4. The van der Waals surface area contributed by atoms with Crippen LogP contribution in [0.2, 0.25) is 0 Å². The number of aromatic nitrogens is 1. The lowest BCUT2D eigenvalue weighted by molar-refractivity contribution is 0.263. The van der Waals surface area contributed by atoms with Crippen molar-refractivity contribution in [1.29, 1.82) is 0 Å². The molecule has 23 heavy (non-hydrogen) atoms. The summed E-state index contributed by atoms with van der Waals surface area (Å²) >= 11 is 0. The van der Waals surface area contributed by atoms with Crippen LogP contribution in [0, 0.1) is 13.8 Å². The number of anilines is 1. The topological polar surface area (TPSA) is 19.4 Å². The van der Waals surface area contributed by atoms with Gasteiger partial charge in [0.25, 0.3) is 0 Å². The fourth-order valence-corrected chi connectivity index (χ4v) is 3.04. The molecule has 3 nitrogen and oxygen atoms in total. The first-order chi connectivity index (χ1) is 11.0. The first kappa shape index (κ1) is 15.6. The molecule has 0 N–H and O–H groups in total. The van der Waals surface area contributed by atoms with Gasteiger partial charge in [0.2, 0.25) is 0 Å². The van der Waals surface area contributed by atoms with E-state index < -0.39 is 0 Å². The molecular formula is C20H25N3. The first-order valence-electron chi connectivity index (χ1n) is 8.26. The Morgan fingerprint density at radius 2 is 1.78 bits per heavy atom. The van der Waals surface area contributed by atoms with Gasteiger partial charge in [-0.2, -0.15) is 0 Å². The molecule has 1 aromatic carbocycles. The lowest BCUT2D eigenvalue weighted by Crippen LogP contribution is -2.39. The average molecular weight is 307 g/mol. The Morgan fingerprint density at radius 1 is 1.00 bits per heavy atom. The number of hydrogen-bond donors (Lipinski definition) is 0. The van der Waals surface area contributed by atoms with Crippen LogP contribution in [-0.4, -0.2) is 22.1 Å². The molecule has 1 unspecified atom stereocenters. The van der Waals surface area contributed by atoms with Gasteiger partial charge in [0.15, 0.2) is 0 Å². The summed E-state index contributed by atoms with van der Waals surface area (Å²) in [5.41, 5.74) is 4.81. The number of benzene rings is 1. The SMILES string of the molecule is Cc1ccc(-c2cccc(N3C=CN(C(C)C)C3C)n2)cc1C. The summed E-state index contributed by atoms with van der Waals surface area (Å²) in [6.45, 7) is 10.9. The van der Waals surface area contributed by atoms with Crippen LogP contribution < -0.4 is 4.90 Å². The predicted molar refractivity (Wildman–Crippen MR) is 97.2 cm³/mol. The van der Waals surface area contributed by atoms with E-state index in [9.17, 15) is 0 Å². The molecule has 0 bridgehead atoms. The molecule has 3 rings (SSSR count). The van der Waals surface area contributed by atoms with Crippen molar-refractivity contribution in [2.75, 3.05) is 4.90 Å². The van der Waals surface area contributed by atoms with E-state index in [4.69, 9.17) is 4.98 Å². The molecule has 0 aliphatic carbocycles. The van der Waals surface area contributed by atoms with Crippen molar-refractivity contribution in [3.05, 3.63) is 59.9 Å². The zero-order valence-corrected chi connectivity index (χ0v) is 14.6. The average Bonchev–Trinajstić information content (AvgIpc) is 2.92. The monoisotopic (exact) mass is 307 g/mol. The number of rotatable bonds is 3. The van der Waals surface area contributed by atoms with Gasteiger partial charge >= 0.3 is 0 Å². The van der Waals surface area contributed by atoms with Crippen LogP contribution in [0.15, 0.2) is 48.8 Å². The van der Waals surface area contributed by atoms with Gasteiger partial charge in [-0.1, -0.05) is 18.2 Å². The highest BCUT2D eigenvalue weighted by Crippen LogP contribution is 2.27. The molecule has 2 aromatic rings. The summed E-state index contributed by atoms with van der Waals surface area (Å²) in [7, 11) is 0. The summed E-state index contributed by atoms with van der Waals surface area (Å²) in [4.78, 5) is 9.45. The van der Waals surface area contributed by atoms with E-state index in [-0.39, 0.29) is 6.17 Å². The third-order valence-electron chi connectivity index (χ3n) is 4.63. The van der Waals surface area contributed by atoms with E-state index in [1.807, 2.05) is 0 Å². The fourth-order valence-electron chi connectivity index (χ4n) is 3.04. The fraction of sp³-hybridized carbons (Fsp3) is 0.350. The minimum Gasteiger partial charge on any atom is -0.353 e. The van der Waals surface area contributed by atoms with Crippen LogP contribution in [0.25, 0.3) is 11.3 Å². The van der Waals surface area contributed by atoms with E-state index in [0.29, 0.717) is 6.04 Å². The number of hydrogen-bond acceptors (Lipinski definition) is 3. The molecule has 0 amide bonds. The number of pyridine rings is 1. The summed E-state index contributed by atoms with van der Waals surface area (Å²) in [6, 6.07) is 13.3. The first-order valence-corrected chi connectivity index (χ1v) is 8.26. The van der Waals surface area contributed by atoms with Crippen LogP contribution >= 0.6 is 0 Å². The molecule has 1 aliphatic heterocycles. The van der Waals surface area contributed by atoms with Gasteiger partial charge in [0, 0.05) is 24.0 Å². The van der Waals surface area contributed by atoms with Crippen molar-refractivity contribution in [3.8, 4) is 11.3 Å². The maximum absolute atomic E-state index is 4.89. The Hall–Kier alpha value is -2.29. The van der Waals surface area contributed by atoms with Gasteiger partial charge in [-0.15, -0.1) is 0 Å². The van der Waals surface area contributed by atoms with Gasteiger partial charge in [0.1, 0.15) is 12.0 Å². The third kappa shape index (κ3) is 2.96. The van der Waals surface area contributed by atoms with Gasteiger partial charge < -0.3 is 9.80 Å². The lowest BCUT2D eigenvalue weighted by atomic mass is 10.0. The second-order valence-electron chi connectivity index (χ2n) is 6.56. The van der Waals surface area contributed by atoms with Crippen molar-refractivity contribution >= 4 is 5.82 Å². The Balaban J connectivity index is 1.92. The zero-order valence-electron chi connectivity index (χ0n) is 14.6. The smallest absolute Gasteiger partial charge is 0.134 e. The summed E-state index contributed by atoms with van der Waals surface area (Å²) in [5, 5.41) is 0. The quantitative estimate of drug-likeness (QED) is 0.818. The normalized spacial score (nSPS) is 17.4. The van der Waals surface area contributed by atoms with E-state index in [1.165, 1.54) is 16.7 Å². The molecule has 0 spiro atoms. The predicted octanol–water partition coefficient (Wildman–Crippen LogP) is 4.71. The minimum absolute atomic E-state index is 0.289. The van der Waals surface area contributed by atoms with E-state index in [1.54, 1.807) is 0 Å². The molecular weight excluding hydrogens is 282 g/mol. The lowest BCUT2D eigenvalue weighted by Gasteiger charge is -2.32. The largest absolute Gasteiger partial charge is 0.353 e. The summed E-state index contributed by atoms with van der Waals surface area (Å²) in [6.07, 6.45) is 4.56. The molecule has 3 heteroatoms. The second kappa shape index (κ2) is 6.07. The van der Waals surface area contributed by atoms with E-state index in [2.05, 4.69) is 93.2 Å². The van der Waals surface area contributed by atoms with Gasteiger partial charge in [-0.05, 0) is 63.9 Å². The van der Waals surface area contributed by atoms with Crippen LogP contribution in [0.5, 0.6) is 0 Å². The van der Waals surface area contributed by atoms with E-state index >= 15 is 0 Å². The van der Waals surface area contributed by atoms with Gasteiger partial charge in [0.05, 0.1) is 5.69 Å². The molecule has 0 radical (unpaired) electrons. The molecule has 0 saturated carbocycles. The van der Waals surface area contributed by atoms with Crippen LogP contribution in [-0.2, 0) is 0 Å².